The molecule has 5 nitrogen and oxygen atoms in total. The number of aromatic carboxylic acids is 1. The molecule has 0 spiro atoms. The summed E-state index contributed by atoms with van der Waals surface area (Å²) in [5, 5.41) is 9.76. The highest BCUT2D eigenvalue weighted by Gasteiger charge is 2.31. The van der Waals surface area contributed by atoms with Crippen molar-refractivity contribution in [3.63, 3.8) is 0 Å². The molecule has 0 radical (unpaired) electrons. The van der Waals surface area contributed by atoms with Gasteiger partial charge >= 0.3 is 12.1 Å². The van der Waals surface area contributed by atoms with E-state index in [1.54, 1.807) is 24.8 Å². The zero-order valence-corrected chi connectivity index (χ0v) is 19.5. The number of carbonyl (C=O) groups excluding carboxylic acids is 1. The van der Waals surface area contributed by atoms with E-state index in [0.717, 1.165) is 30.5 Å². The van der Waals surface area contributed by atoms with Crippen LogP contribution in [-0.4, -0.2) is 40.0 Å². The van der Waals surface area contributed by atoms with E-state index >= 15 is 0 Å². The molecule has 1 amide bonds. The summed E-state index contributed by atoms with van der Waals surface area (Å²) in [6.07, 6.45) is -2.69. The molecule has 3 aromatic rings. The van der Waals surface area contributed by atoms with Gasteiger partial charge in [-0.3, -0.25) is 4.79 Å². The van der Waals surface area contributed by atoms with Crippen molar-refractivity contribution in [3.05, 3.63) is 75.3 Å². The number of hydrogen-bond acceptors (Lipinski definition) is 4. The van der Waals surface area contributed by atoms with Gasteiger partial charge in [-0.05, 0) is 56.0 Å². The van der Waals surface area contributed by atoms with Crippen LogP contribution < -0.4 is 0 Å². The topological polar surface area (TPSA) is 70.5 Å². The minimum Gasteiger partial charge on any atom is -0.478 e. The highest BCUT2D eigenvalue weighted by molar-refractivity contribution is 7.17. The third-order valence-corrected chi connectivity index (χ3v) is 7.31. The summed E-state index contributed by atoms with van der Waals surface area (Å²) in [5.41, 5.74) is 2.31. The van der Waals surface area contributed by atoms with Crippen molar-refractivity contribution in [1.29, 1.82) is 0 Å². The zero-order valence-electron chi connectivity index (χ0n) is 18.6. The van der Waals surface area contributed by atoms with Gasteiger partial charge in [0.05, 0.1) is 16.8 Å². The number of piperidine rings is 1. The summed E-state index contributed by atoms with van der Waals surface area (Å²) >= 11 is 1.18. The monoisotopic (exact) mass is 488 g/mol. The molecule has 1 aliphatic rings. The Balaban J connectivity index is 1.52. The maximum atomic E-state index is 13.3. The Hall–Kier alpha value is -3.20. The summed E-state index contributed by atoms with van der Waals surface area (Å²) in [7, 11) is 0. The Kier molecular flexibility index (Phi) is 6.49. The predicted molar refractivity (Wildman–Crippen MR) is 123 cm³/mol. The highest BCUT2D eigenvalue weighted by atomic mass is 32.1. The fraction of sp³-hybridized carbons (Fsp3) is 0.320. The van der Waals surface area contributed by atoms with Crippen LogP contribution in [0.2, 0.25) is 0 Å². The molecule has 1 aromatic heterocycles. The van der Waals surface area contributed by atoms with Crippen LogP contribution in [0.15, 0.2) is 42.5 Å². The van der Waals surface area contributed by atoms with Gasteiger partial charge in [-0.15, -0.1) is 11.3 Å². The molecule has 2 heterocycles. The van der Waals surface area contributed by atoms with Crippen LogP contribution in [0.5, 0.6) is 0 Å². The number of likely N-dealkylation sites (tertiary alicyclic amines) is 1. The van der Waals surface area contributed by atoms with E-state index in [4.69, 9.17) is 0 Å². The van der Waals surface area contributed by atoms with Crippen LogP contribution in [-0.2, 0) is 6.18 Å². The molecular weight excluding hydrogens is 465 g/mol. The smallest absolute Gasteiger partial charge is 0.416 e. The lowest BCUT2D eigenvalue weighted by atomic mass is 9.88. The Bertz CT molecular complexity index is 1240. The lowest BCUT2D eigenvalue weighted by molar-refractivity contribution is -0.137. The Morgan fingerprint density at radius 1 is 1.12 bits per heavy atom. The van der Waals surface area contributed by atoms with Crippen molar-refractivity contribution in [2.24, 2.45) is 0 Å². The molecular formula is C25H23F3N2O3S. The first-order valence-corrected chi connectivity index (χ1v) is 11.6. The number of carboxylic acids is 1. The standard InChI is InChI=1S/C25H23F3N2O3S/c1-14-12-17(7-10-20(14)24(32)33)18-4-3-11-30(13-18)23(31)21-15(2)29-22(34-21)16-5-8-19(9-6-16)25(26,27)28/h5-10,12,18H,3-4,11,13H2,1-2H3,(H,32,33). The number of aromatic nitrogens is 1. The molecule has 0 aliphatic carbocycles. The number of alkyl halides is 3. The van der Waals surface area contributed by atoms with Gasteiger partial charge in [0.1, 0.15) is 9.88 Å². The van der Waals surface area contributed by atoms with Gasteiger partial charge in [-0.2, -0.15) is 13.2 Å². The van der Waals surface area contributed by atoms with Crippen LogP contribution in [0, 0.1) is 13.8 Å². The summed E-state index contributed by atoms with van der Waals surface area (Å²) < 4.78 is 38.5. The number of carboxylic acid groups (broad SMARTS) is 1. The first-order chi connectivity index (χ1) is 16.0. The van der Waals surface area contributed by atoms with Crippen molar-refractivity contribution < 1.29 is 27.9 Å². The molecule has 2 aromatic carbocycles. The molecule has 1 atom stereocenters. The number of aryl methyl sites for hydroxylation is 2. The SMILES string of the molecule is Cc1cc(C2CCCN(C(=O)c3sc(-c4ccc(C(F)(F)F)cc4)nc3C)C2)ccc1C(=O)O. The van der Waals surface area contributed by atoms with E-state index < -0.39 is 17.7 Å². The van der Waals surface area contributed by atoms with Crippen LogP contribution in [0.1, 0.15) is 61.2 Å². The van der Waals surface area contributed by atoms with E-state index in [9.17, 15) is 27.9 Å². The number of hydrogen-bond donors (Lipinski definition) is 1. The number of halogens is 3. The normalized spacial score (nSPS) is 16.5. The predicted octanol–water partition coefficient (Wildman–Crippen LogP) is 6.16. The lowest BCUT2D eigenvalue weighted by Gasteiger charge is -2.33. The summed E-state index contributed by atoms with van der Waals surface area (Å²) in [6.45, 7) is 4.61. The second-order valence-corrected chi connectivity index (χ2v) is 9.48. The third kappa shape index (κ3) is 4.84. The maximum absolute atomic E-state index is 13.3. The van der Waals surface area contributed by atoms with Gasteiger partial charge in [0.25, 0.3) is 5.91 Å². The largest absolute Gasteiger partial charge is 0.478 e. The Morgan fingerprint density at radius 3 is 2.44 bits per heavy atom. The molecule has 9 heteroatoms. The molecule has 1 unspecified atom stereocenters. The van der Waals surface area contributed by atoms with Gasteiger partial charge < -0.3 is 10.0 Å². The van der Waals surface area contributed by atoms with Gasteiger partial charge in [0.2, 0.25) is 0 Å². The number of amides is 1. The van der Waals surface area contributed by atoms with E-state index in [0.29, 0.717) is 39.8 Å². The molecule has 4 rings (SSSR count). The van der Waals surface area contributed by atoms with Gasteiger partial charge in [0, 0.05) is 24.6 Å². The molecule has 1 aliphatic heterocycles. The third-order valence-electron chi connectivity index (χ3n) is 6.11. The van der Waals surface area contributed by atoms with Crippen molar-refractivity contribution in [3.8, 4) is 10.6 Å². The highest BCUT2D eigenvalue weighted by Crippen LogP contribution is 2.34. The van der Waals surface area contributed by atoms with E-state index in [-0.39, 0.29) is 17.4 Å². The first-order valence-electron chi connectivity index (χ1n) is 10.8. The van der Waals surface area contributed by atoms with Gasteiger partial charge in [-0.1, -0.05) is 24.3 Å². The van der Waals surface area contributed by atoms with Crippen molar-refractivity contribution in [2.75, 3.05) is 13.1 Å². The average Bonchev–Trinajstić information content (AvgIpc) is 3.19. The molecule has 0 saturated carbocycles. The molecule has 178 valence electrons. The summed E-state index contributed by atoms with van der Waals surface area (Å²) in [6, 6.07) is 10.1. The molecule has 0 bridgehead atoms. The molecule has 1 N–H and O–H groups in total. The lowest BCUT2D eigenvalue weighted by Crippen LogP contribution is -2.39. The van der Waals surface area contributed by atoms with Crippen molar-refractivity contribution >= 4 is 23.2 Å². The van der Waals surface area contributed by atoms with E-state index in [1.807, 2.05) is 12.1 Å². The number of benzene rings is 2. The van der Waals surface area contributed by atoms with Crippen LogP contribution in [0.4, 0.5) is 13.2 Å². The average molecular weight is 489 g/mol. The quantitative estimate of drug-likeness (QED) is 0.477. The van der Waals surface area contributed by atoms with Crippen molar-refractivity contribution in [2.45, 2.75) is 38.8 Å². The Labute approximate surface area is 198 Å². The van der Waals surface area contributed by atoms with Crippen LogP contribution in [0.25, 0.3) is 10.6 Å². The Morgan fingerprint density at radius 2 is 1.82 bits per heavy atom. The minimum absolute atomic E-state index is 0.0989. The first kappa shape index (κ1) is 23.9. The number of nitrogens with zero attached hydrogens (tertiary/aromatic N) is 2. The van der Waals surface area contributed by atoms with Crippen LogP contribution >= 0.6 is 11.3 Å². The molecule has 1 fully saturated rings. The minimum atomic E-state index is -4.41. The summed E-state index contributed by atoms with van der Waals surface area (Å²) in [5.74, 6) is -1.01. The van der Waals surface area contributed by atoms with Crippen LogP contribution in [0.3, 0.4) is 0 Å². The fourth-order valence-electron chi connectivity index (χ4n) is 4.28. The molecule has 1 saturated heterocycles. The second-order valence-electron chi connectivity index (χ2n) is 8.48. The number of carbonyl (C=O) groups is 2. The van der Waals surface area contributed by atoms with E-state index in [1.165, 1.54) is 23.5 Å². The fourth-order valence-corrected chi connectivity index (χ4v) is 5.32. The second kappa shape index (κ2) is 9.21. The zero-order chi connectivity index (χ0) is 24.6. The van der Waals surface area contributed by atoms with Crippen molar-refractivity contribution in [1.82, 2.24) is 9.88 Å². The van der Waals surface area contributed by atoms with Gasteiger partial charge in [0.15, 0.2) is 0 Å². The molecule has 34 heavy (non-hydrogen) atoms. The number of rotatable bonds is 4. The van der Waals surface area contributed by atoms with E-state index in [2.05, 4.69) is 4.98 Å². The summed E-state index contributed by atoms with van der Waals surface area (Å²) in [4.78, 5) is 31.3. The number of thiazole rings is 1. The maximum Gasteiger partial charge on any atom is 0.416 e. The van der Waals surface area contributed by atoms with Gasteiger partial charge in [-0.25, -0.2) is 9.78 Å².